The molecule has 31 heavy (non-hydrogen) atoms. The lowest BCUT2D eigenvalue weighted by Gasteiger charge is -2.27. The summed E-state index contributed by atoms with van der Waals surface area (Å²) in [5, 5.41) is 8.97. The van der Waals surface area contributed by atoms with Gasteiger partial charge in [0.15, 0.2) is 5.76 Å². The second-order valence-corrected chi connectivity index (χ2v) is 7.34. The molecule has 1 aliphatic heterocycles. The quantitative estimate of drug-likeness (QED) is 0.597. The molecule has 3 aromatic rings. The Morgan fingerprint density at radius 1 is 1.13 bits per heavy atom. The standard InChI is InChI=1S/C24H19N3O4/c1-16-4-6-18(7-5-16)15-26(24(30)21-3-2-12-31-21)20-13-22(28)27(23(20)29)19-10-8-17(14-25)9-11-19/h2-12,20H,13,15H2,1H3. The van der Waals surface area contributed by atoms with Crippen molar-refractivity contribution in [2.75, 3.05) is 4.90 Å². The van der Waals surface area contributed by atoms with E-state index in [0.29, 0.717) is 11.3 Å². The van der Waals surface area contributed by atoms with Crippen molar-refractivity contribution in [1.82, 2.24) is 4.90 Å². The zero-order valence-corrected chi connectivity index (χ0v) is 16.8. The summed E-state index contributed by atoms with van der Waals surface area (Å²) in [6.45, 7) is 2.12. The van der Waals surface area contributed by atoms with E-state index in [2.05, 4.69) is 0 Å². The van der Waals surface area contributed by atoms with Gasteiger partial charge in [0, 0.05) is 6.54 Å². The number of carbonyl (C=O) groups excluding carboxylic acids is 3. The molecule has 1 aromatic heterocycles. The van der Waals surface area contributed by atoms with E-state index in [1.807, 2.05) is 37.3 Å². The number of nitrogens with zero attached hydrogens (tertiary/aromatic N) is 3. The monoisotopic (exact) mass is 413 g/mol. The van der Waals surface area contributed by atoms with Crippen LogP contribution in [0.1, 0.15) is 33.7 Å². The highest BCUT2D eigenvalue weighted by Gasteiger charge is 2.45. The fourth-order valence-electron chi connectivity index (χ4n) is 3.57. The molecule has 1 fully saturated rings. The maximum absolute atomic E-state index is 13.2. The van der Waals surface area contributed by atoms with Crippen LogP contribution in [0.4, 0.5) is 5.69 Å². The normalized spacial score (nSPS) is 15.7. The van der Waals surface area contributed by atoms with Crippen molar-refractivity contribution in [3.8, 4) is 6.07 Å². The highest BCUT2D eigenvalue weighted by molar-refractivity contribution is 6.23. The van der Waals surface area contributed by atoms with Gasteiger partial charge in [-0.15, -0.1) is 0 Å². The van der Waals surface area contributed by atoms with Crippen LogP contribution < -0.4 is 4.90 Å². The van der Waals surface area contributed by atoms with E-state index in [0.717, 1.165) is 16.0 Å². The Hall–Kier alpha value is -4.18. The molecule has 0 N–H and O–H groups in total. The number of rotatable bonds is 5. The Balaban J connectivity index is 1.66. The Kier molecular flexibility index (Phi) is 5.37. The number of furan rings is 1. The molecule has 7 nitrogen and oxygen atoms in total. The average molecular weight is 413 g/mol. The summed E-state index contributed by atoms with van der Waals surface area (Å²) in [5.74, 6) is -1.25. The smallest absolute Gasteiger partial charge is 0.290 e. The van der Waals surface area contributed by atoms with E-state index in [1.165, 1.54) is 17.2 Å². The number of amides is 3. The van der Waals surface area contributed by atoms with Crippen molar-refractivity contribution >= 4 is 23.4 Å². The zero-order chi connectivity index (χ0) is 22.0. The van der Waals surface area contributed by atoms with Crippen molar-refractivity contribution in [2.24, 2.45) is 0 Å². The average Bonchev–Trinajstić information content (AvgIpc) is 3.41. The molecular weight excluding hydrogens is 394 g/mol. The minimum Gasteiger partial charge on any atom is -0.459 e. The van der Waals surface area contributed by atoms with E-state index in [9.17, 15) is 14.4 Å². The van der Waals surface area contributed by atoms with Gasteiger partial charge in [-0.2, -0.15) is 5.26 Å². The van der Waals surface area contributed by atoms with Crippen molar-refractivity contribution in [2.45, 2.75) is 25.9 Å². The minimum atomic E-state index is -0.956. The van der Waals surface area contributed by atoms with Gasteiger partial charge in [0.25, 0.3) is 11.8 Å². The van der Waals surface area contributed by atoms with Crippen LogP contribution in [0.3, 0.4) is 0 Å². The summed E-state index contributed by atoms with van der Waals surface area (Å²) in [6, 6.07) is 18.0. The zero-order valence-electron chi connectivity index (χ0n) is 16.8. The van der Waals surface area contributed by atoms with Crippen LogP contribution in [0, 0.1) is 18.3 Å². The summed E-state index contributed by atoms with van der Waals surface area (Å²) in [7, 11) is 0. The summed E-state index contributed by atoms with van der Waals surface area (Å²) < 4.78 is 5.26. The molecule has 3 amide bonds. The molecule has 0 saturated carbocycles. The van der Waals surface area contributed by atoms with Gasteiger partial charge < -0.3 is 9.32 Å². The summed E-state index contributed by atoms with van der Waals surface area (Å²) in [4.78, 5) is 41.6. The molecule has 1 atom stereocenters. The Morgan fingerprint density at radius 3 is 2.45 bits per heavy atom. The molecule has 2 heterocycles. The first-order valence-electron chi connectivity index (χ1n) is 9.75. The number of hydrogen-bond donors (Lipinski definition) is 0. The van der Waals surface area contributed by atoms with Gasteiger partial charge in [-0.25, -0.2) is 4.90 Å². The van der Waals surface area contributed by atoms with Gasteiger partial charge in [0.1, 0.15) is 6.04 Å². The number of anilines is 1. The lowest BCUT2D eigenvalue weighted by Crippen LogP contribution is -2.45. The van der Waals surface area contributed by atoms with Gasteiger partial charge >= 0.3 is 0 Å². The minimum absolute atomic E-state index is 0.101. The maximum atomic E-state index is 13.2. The number of hydrogen-bond acceptors (Lipinski definition) is 5. The second-order valence-electron chi connectivity index (χ2n) is 7.34. The topological polar surface area (TPSA) is 94.6 Å². The van der Waals surface area contributed by atoms with Gasteiger partial charge in [0.2, 0.25) is 5.91 Å². The highest BCUT2D eigenvalue weighted by atomic mass is 16.3. The fraction of sp³-hybridized carbons (Fsp3) is 0.167. The van der Waals surface area contributed by atoms with Gasteiger partial charge in [-0.1, -0.05) is 29.8 Å². The van der Waals surface area contributed by atoms with Crippen LogP contribution >= 0.6 is 0 Å². The lowest BCUT2D eigenvalue weighted by molar-refractivity contribution is -0.122. The van der Waals surface area contributed by atoms with Crippen LogP contribution in [0.15, 0.2) is 71.3 Å². The first-order valence-corrected chi connectivity index (χ1v) is 9.75. The largest absolute Gasteiger partial charge is 0.459 e. The molecule has 1 aliphatic rings. The number of carbonyl (C=O) groups is 3. The summed E-state index contributed by atoms with van der Waals surface area (Å²) >= 11 is 0. The molecule has 1 saturated heterocycles. The van der Waals surface area contributed by atoms with Gasteiger partial charge in [-0.05, 0) is 48.9 Å². The number of benzene rings is 2. The molecule has 1 unspecified atom stereocenters. The van der Waals surface area contributed by atoms with Gasteiger partial charge in [0.05, 0.1) is 30.0 Å². The number of imide groups is 1. The van der Waals surface area contributed by atoms with E-state index < -0.39 is 23.8 Å². The number of nitriles is 1. The molecule has 0 radical (unpaired) electrons. The van der Waals surface area contributed by atoms with Gasteiger partial charge in [-0.3, -0.25) is 14.4 Å². The van der Waals surface area contributed by atoms with Crippen LogP contribution in [0.2, 0.25) is 0 Å². The van der Waals surface area contributed by atoms with Crippen molar-refractivity contribution in [3.05, 3.63) is 89.4 Å². The number of aryl methyl sites for hydroxylation is 1. The Morgan fingerprint density at radius 2 is 1.84 bits per heavy atom. The molecule has 0 bridgehead atoms. The van der Waals surface area contributed by atoms with Crippen LogP contribution in [-0.2, 0) is 16.1 Å². The third-order valence-corrected chi connectivity index (χ3v) is 5.22. The SMILES string of the molecule is Cc1ccc(CN(C(=O)c2ccco2)C2CC(=O)N(c3ccc(C#N)cc3)C2=O)cc1. The maximum Gasteiger partial charge on any atom is 0.290 e. The molecule has 7 heteroatoms. The van der Waals surface area contributed by atoms with Crippen molar-refractivity contribution in [1.29, 1.82) is 5.26 Å². The van der Waals surface area contributed by atoms with Crippen molar-refractivity contribution < 1.29 is 18.8 Å². The van der Waals surface area contributed by atoms with Crippen LogP contribution in [0.25, 0.3) is 0 Å². The molecule has 154 valence electrons. The Labute approximate surface area is 179 Å². The van der Waals surface area contributed by atoms with E-state index >= 15 is 0 Å². The summed E-state index contributed by atoms with van der Waals surface area (Å²) in [5.41, 5.74) is 2.71. The van der Waals surface area contributed by atoms with Crippen LogP contribution in [-0.4, -0.2) is 28.7 Å². The third-order valence-electron chi connectivity index (χ3n) is 5.22. The molecular formula is C24H19N3O4. The summed E-state index contributed by atoms with van der Waals surface area (Å²) in [6.07, 6.45) is 1.26. The molecule has 2 aromatic carbocycles. The predicted octanol–water partition coefficient (Wildman–Crippen LogP) is 3.43. The first kappa shape index (κ1) is 20.1. The van der Waals surface area contributed by atoms with E-state index in [1.54, 1.807) is 30.3 Å². The predicted molar refractivity (Wildman–Crippen MR) is 112 cm³/mol. The second kappa shape index (κ2) is 8.28. The van der Waals surface area contributed by atoms with Crippen LogP contribution in [0.5, 0.6) is 0 Å². The molecule has 0 spiro atoms. The van der Waals surface area contributed by atoms with E-state index in [-0.39, 0.29) is 18.7 Å². The van der Waals surface area contributed by atoms with Crippen molar-refractivity contribution in [3.63, 3.8) is 0 Å². The highest BCUT2D eigenvalue weighted by Crippen LogP contribution is 2.28. The fourth-order valence-corrected chi connectivity index (χ4v) is 3.57. The first-order chi connectivity index (χ1) is 15.0. The lowest BCUT2D eigenvalue weighted by atomic mass is 10.1. The molecule has 0 aliphatic carbocycles. The molecule has 4 rings (SSSR count). The van der Waals surface area contributed by atoms with E-state index in [4.69, 9.17) is 9.68 Å². The Bertz CT molecular complexity index is 1160. The third kappa shape index (κ3) is 3.96.